The molecule has 4 atom stereocenters. The number of likely N-dealkylation sites (N-methyl/N-ethyl adjacent to an activating group) is 1. The lowest BCUT2D eigenvalue weighted by molar-refractivity contribution is -0.150. The van der Waals surface area contributed by atoms with Crippen LogP contribution in [0.15, 0.2) is 42.5 Å². The van der Waals surface area contributed by atoms with E-state index in [1.165, 1.54) is 0 Å². The van der Waals surface area contributed by atoms with Gasteiger partial charge in [-0.15, -0.1) is 0 Å². The van der Waals surface area contributed by atoms with Gasteiger partial charge in [0.25, 0.3) is 0 Å². The summed E-state index contributed by atoms with van der Waals surface area (Å²) in [7, 11) is 3.65. The molecule has 3 amide bonds. The molecule has 2 aromatic rings. The number of piperazine rings is 1. The number of methoxy groups -OCH3 is 1. The molecule has 3 aliphatic heterocycles. The number of nitrogens with zero attached hydrogens (tertiary/aromatic N) is 2. The summed E-state index contributed by atoms with van der Waals surface area (Å²) in [6, 6.07) is 12.2. The van der Waals surface area contributed by atoms with Crippen LogP contribution in [0.5, 0.6) is 11.5 Å². The highest BCUT2D eigenvalue weighted by Crippen LogP contribution is 2.47. The molecule has 0 spiro atoms. The van der Waals surface area contributed by atoms with Crippen LogP contribution in [0, 0.1) is 0 Å². The van der Waals surface area contributed by atoms with Gasteiger partial charge < -0.3 is 39.8 Å². The Morgan fingerprint density at radius 2 is 1.76 bits per heavy atom. The molecule has 37 heavy (non-hydrogen) atoms. The van der Waals surface area contributed by atoms with Crippen molar-refractivity contribution in [1.82, 2.24) is 9.80 Å². The topological polar surface area (TPSA) is 113 Å². The van der Waals surface area contributed by atoms with Gasteiger partial charge in [-0.1, -0.05) is 0 Å². The number of hydrogen-bond acceptors (Lipinski definition) is 7. The van der Waals surface area contributed by atoms with Crippen LogP contribution in [0.2, 0.25) is 0 Å². The van der Waals surface area contributed by atoms with Crippen molar-refractivity contribution in [2.24, 2.45) is 0 Å². The number of hydrogen-bond donors (Lipinski definition) is 3. The third kappa shape index (κ3) is 5.66. The average Bonchev–Trinajstić information content (AvgIpc) is 3.27. The Morgan fingerprint density at radius 3 is 2.46 bits per heavy atom. The Bertz CT molecular complexity index is 1120. The second kappa shape index (κ2) is 11.0. The summed E-state index contributed by atoms with van der Waals surface area (Å²) in [6.07, 6.45) is -0.282. The van der Waals surface area contributed by atoms with E-state index in [2.05, 4.69) is 22.6 Å². The van der Waals surface area contributed by atoms with Gasteiger partial charge in [0, 0.05) is 49.0 Å². The van der Waals surface area contributed by atoms with Crippen molar-refractivity contribution in [2.75, 3.05) is 57.6 Å². The fraction of sp³-hybridized carbons (Fsp3) is 0.481. The van der Waals surface area contributed by atoms with E-state index in [1.807, 2.05) is 17.0 Å². The molecule has 0 unspecified atom stereocenters. The van der Waals surface area contributed by atoms with Gasteiger partial charge in [0.05, 0.1) is 26.2 Å². The number of ether oxygens (including phenoxy) is 3. The number of aliphatic hydroxyl groups is 1. The molecule has 10 nitrogen and oxygen atoms in total. The molecule has 0 saturated carbocycles. The zero-order valence-corrected chi connectivity index (χ0v) is 21.2. The minimum absolute atomic E-state index is 0.0439. The summed E-state index contributed by atoms with van der Waals surface area (Å²) >= 11 is 0. The van der Waals surface area contributed by atoms with E-state index >= 15 is 0 Å². The summed E-state index contributed by atoms with van der Waals surface area (Å²) in [5.41, 5.74) is 2.23. The Hall–Kier alpha value is -3.34. The third-order valence-corrected chi connectivity index (χ3v) is 7.36. The Morgan fingerprint density at radius 1 is 1.05 bits per heavy atom. The van der Waals surface area contributed by atoms with Gasteiger partial charge in [-0.05, 0) is 55.9 Å². The predicted molar refractivity (Wildman–Crippen MR) is 138 cm³/mol. The molecule has 198 valence electrons. The average molecular weight is 511 g/mol. The van der Waals surface area contributed by atoms with Crippen LogP contribution in [-0.4, -0.2) is 92.1 Å². The maximum Gasteiger partial charge on any atom is 0.323 e. The normalized spacial score (nSPS) is 25.0. The molecular formula is C27H34N4O6. The second-order valence-corrected chi connectivity index (χ2v) is 9.85. The molecule has 2 fully saturated rings. The maximum absolute atomic E-state index is 12.9. The van der Waals surface area contributed by atoms with Crippen LogP contribution in [0.3, 0.4) is 0 Å². The molecule has 3 N–H and O–H groups in total. The number of benzene rings is 2. The van der Waals surface area contributed by atoms with E-state index in [0.717, 1.165) is 31.7 Å². The van der Waals surface area contributed by atoms with Crippen LogP contribution in [0.25, 0.3) is 0 Å². The van der Waals surface area contributed by atoms with Gasteiger partial charge >= 0.3 is 6.03 Å². The first-order valence-electron chi connectivity index (χ1n) is 12.7. The van der Waals surface area contributed by atoms with Gasteiger partial charge in [0.15, 0.2) is 0 Å². The second-order valence-electron chi connectivity index (χ2n) is 9.85. The molecule has 0 aliphatic carbocycles. The highest BCUT2D eigenvalue weighted by Gasteiger charge is 2.46. The zero-order valence-electron chi connectivity index (χ0n) is 21.2. The molecule has 0 aromatic heterocycles. The van der Waals surface area contributed by atoms with Crippen molar-refractivity contribution in [3.63, 3.8) is 0 Å². The predicted octanol–water partition coefficient (Wildman–Crippen LogP) is 2.50. The first-order valence-corrected chi connectivity index (χ1v) is 12.7. The molecular weight excluding hydrogens is 476 g/mol. The highest BCUT2D eigenvalue weighted by molar-refractivity contribution is 5.99. The van der Waals surface area contributed by atoms with E-state index in [-0.39, 0.29) is 43.1 Å². The SMILES string of the molecule is COc1ccc(NC(=O)Nc2ccc3c(c2)[C@@H]2C[C@@H](CC(=O)N4CCN(C)CC4)O[C@@H](CO)[C@@H]2O3)cc1. The number of rotatable bonds is 6. The first kappa shape index (κ1) is 25.3. The lowest BCUT2D eigenvalue weighted by atomic mass is 9.84. The van der Waals surface area contributed by atoms with Crippen molar-refractivity contribution in [2.45, 2.75) is 37.1 Å². The summed E-state index contributed by atoms with van der Waals surface area (Å²) in [5.74, 6) is 1.46. The maximum atomic E-state index is 12.9. The zero-order chi connectivity index (χ0) is 25.9. The van der Waals surface area contributed by atoms with Gasteiger partial charge in [-0.25, -0.2) is 4.79 Å². The van der Waals surface area contributed by atoms with E-state index in [0.29, 0.717) is 29.3 Å². The molecule has 5 rings (SSSR count). The quantitative estimate of drug-likeness (QED) is 0.547. The number of fused-ring (bicyclic) bond motifs is 3. The van der Waals surface area contributed by atoms with Gasteiger partial charge in [-0.2, -0.15) is 0 Å². The smallest absolute Gasteiger partial charge is 0.323 e. The molecule has 0 bridgehead atoms. The minimum atomic E-state index is -0.522. The molecule has 10 heteroatoms. The fourth-order valence-electron chi connectivity index (χ4n) is 5.31. The Balaban J connectivity index is 1.25. The summed E-state index contributed by atoms with van der Waals surface area (Å²) in [5, 5.41) is 15.7. The highest BCUT2D eigenvalue weighted by atomic mass is 16.6. The third-order valence-electron chi connectivity index (χ3n) is 7.36. The van der Waals surface area contributed by atoms with Crippen molar-refractivity contribution in [3.05, 3.63) is 48.0 Å². The van der Waals surface area contributed by atoms with E-state index in [4.69, 9.17) is 14.2 Å². The van der Waals surface area contributed by atoms with Crippen molar-refractivity contribution in [3.8, 4) is 11.5 Å². The number of carbonyl (C=O) groups excluding carboxylic acids is 2. The lowest BCUT2D eigenvalue weighted by Gasteiger charge is -2.38. The minimum Gasteiger partial charge on any atom is -0.497 e. The van der Waals surface area contributed by atoms with Crippen molar-refractivity contribution >= 4 is 23.3 Å². The Labute approximate surface area is 216 Å². The van der Waals surface area contributed by atoms with Gasteiger partial charge in [-0.3, -0.25) is 4.79 Å². The van der Waals surface area contributed by atoms with Crippen molar-refractivity contribution < 1.29 is 28.9 Å². The van der Waals surface area contributed by atoms with Gasteiger partial charge in [0.1, 0.15) is 23.7 Å². The summed E-state index contributed by atoms with van der Waals surface area (Å²) in [6.45, 7) is 2.98. The number of anilines is 2. The molecule has 2 aromatic carbocycles. The first-order chi connectivity index (χ1) is 17.9. The standard InChI is InChI=1S/C27H34N4O6/c1-30-9-11-31(12-10-30)25(33)15-20-14-22-21-13-18(5-8-23(21)37-26(22)24(16-32)36-20)29-27(34)28-17-3-6-19(35-2)7-4-17/h3-8,13,20,22,24,26,32H,9-12,14-16H2,1-2H3,(H2,28,29,34)/t20-,22-,24-,26+/m0/s1. The number of amides is 3. The monoisotopic (exact) mass is 510 g/mol. The fourth-order valence-corrected chi connectivity index (χ4v) is 5.31. The van der Waals surface area contributed by atoms with Crippen LogP contribution < -0.4 is 20.1 Å². The van der Waals surface area contributed by atoms with Crippen LogP contribution in [0.4, 0.5) is 16.2 Å². The van der Waals surface area contributed by atoms with E-state index in [1.54, 1.807) is 37.4 Å². The number of carbonyl (C=O) groups is 2. The molecule has 2 saturated heterocycles. The number of nitrogens with one attached hydrogen (secondary N) is 2. The number of urea groups is 1. The van der Waals surface area contributed by atoms with Crippen LogP contribution in [-0.2, 0) is 9.53 Å². The van der Waals surface area contributed by atoms with Crippen LogP contribution in [0.1, 0.15) is 24.3 Å². The molecule has 0 radical (unpaired) electrons. The van der Waals surface area contributed by atoms with Crippen LogP contribution >= 0.6 is 0 Å². The molecule has 3 aliphatic rings. The summed E-state index contributed by atoms with van der Waals surface area (Å²) in [4.78, 5) is 29.6. The number of aliphatic hydroxyl groups excluding tert-OH is 1. The Kier molecular flexibility index (Phi) is 7.50. The molecule has 3 heterocycles. The lowest BCUT2D eigenvalue weighted by Crippen LogP contribution is -2.50. The van der Waals surface area contributed by atoms with Crippen molar-refractivity contribution in [1.29, 1.82) is 0 Å². The largest absolute Gasteiger partial charge is 0.497 e. The van der Waals surface area contributed by atoms with E-state index < -0.39 is 6.10 Å². The van der Waals surface area contributed by atoms with E-state index in [9.17, 15) is 14.7 Å². The summed E-state index contributed by atoms with van der Waals surface area (Å²) < 4.78 is 17.4. The van der Waals surface area contributed by atoms with Gasteiger partial charge in [0.2, 0.25) is 5.91 Å².